The smallest absolute Gasteiger partial charge is 0.256 e. The number of aromatic nitrogens is 1. The number of benzene rings is 2. The third kappa shape index (κ3) is 3.06. The topological polar surface area (TPSA) is 42.0 Å². The average molecular weight is 308 g/mol. The molecule has 1 heterocycles. The van der Waals surface area contributed by atoms with Gasteiger partial charge in [0.05, 0.1) is 16.8 Å². The van der Waals surface area contributed by atoms with E-state index in [4.69, 9.17) is 0 Å². The number of fused-ring (bicyclic) bond motifs is 1. The maximum absolute atomic E-state index is 14.0. The Hall–Kier alpha value is -2.75. The Balaban J connectivity index is 2.05. The van der Waals surface area contributed by atoms with Gasteiger partial charge in [0, 0.05) is 11.1 Å². The van der Waals surface area contributed by atoms with Crippen LogP contribution >= 0.6 is 0 Å². The van der Waals surface area contributed by atoms with Gasteiger partial charge in [0.2, 0.25) is 0 Å². The van der Waals surface area contributed by atoms with Crippen molar-refractivity contribution in [2.24, 2.45) is 0 Å². The third-order valence-electron chi connectivity index (χ3n) is 3.71. The summed E-state index contributed by atoms with van der Waals surface area (Å²) in [5.41, 5.74) is 4.02. The van der Waals surface area contributed by atoms with Crippen LogP contribution in [0.15, 0.2) is 42.5 Å². The molecule has 116 valence electrons. The van der Waals surface area contributed by atoms with Gasteiger partial charge >= 0.3 is 0 Å². The van der Waals surface area contributed by atoms with E-state index in [1.54, 1.807) is 25.1 Å². The Kier molecular flexibility index (Phi) is 3.82. The molecule has 0 saturated carbocycles. The molecular formula is C19H17FN2O. The van der Waals surface area contributed by atoms with E-state index in [0.29, 0.717) is 5.56 Å². The van der Waals surface area contributed by atoms with Crippen molar-refractivity contribution in [3.05, 3.63) is 70.7 Å². The lowest BCUT2D eigenvalue weighted by Crippen LogP contribution is -2.14. The highest BCUT2D eigenvalue weighted by atomic mass is 19.1. The molecule has 0 fully saturated rings. The van der Waals surface area contributed by atoms with Crippen molar-refractivity contribution in [1.82, 2.24) is 4.98 Å². The number of carbonyl (C=O) groups excluding carboxylic acids is 1. The minimum absolute atomic E-state index is 0.177. The van der Waals surface area contributed by atoms with Crippen molar-refractivity contribution >= 4 is 22.5 Å². The fraction of sp³-hybridized carbons (Fsp3) is 0.158. The standard InChI is InChI=1S/C19H17FN2O/c1-11-4-6-17-14(8-11)15(10-13(3)21-17)19(23)22-18-7-5-12(2)9-16(18)20/h4-10H,1-3H3,(H,22,23). The summed E-state index contributed by atoms with van der Waals surface area (Å²) < 4.78 is 14.0. The van der Waals surface area contributed by atoms with E-state index in [0.717, 1.165) is 27.7 Å². The van der Waals surface area contributed by atoms with Gasteiger partial charge in [0.25, 0.3) is 5.91 Å². The van der Waals surface area contributed by atoms with Gasteiger partial charge in [0.1, 0.15) is 5.82 Å². The Bertz CT molecular complexity index is 919. The summed E-state index contributed by atoms with van der Waals surface area (Å²) in [5, 5.41) is 3.42. The lowest BCUT2D eigenvalue weighted by Gasteiger charge is -2.10. The first-order valence-corrected chi connectivity index (χ1v) is 7.39. The van der Waals surface area contributed by atoms with Gasteiger partial charge in [-0.1, -0.05) is 17.7 Å². The monoisotopic (exact) mass is 308 g/mol. The summed E-state index contributed by atoms with van der Waals surface area (Å²) in [6.07, 6.45) is 0. The molecule has 3 rings (SSSR count). The number of carbonyl (C=O) groups is 1. The second-order valence-electron chi connectivity index (χ2n) is 5.77. The Labute approximate surface area is 134 Å². The lowest BCUT2D eigenvalue weighted by atomic mass is 10.0. The van der Waals surface area contributed by atoms with Crippen LogP contribution in [0.2, 0.25) is 0 Å². The number of nitrogens with zero attached hydrogens (tertiary/aromatic N) is 1. The molecule has 0 aliphatic rings. The summed E-state index contributed by atoms with van der Waals surface area (Å²) in [6.45, 7) is 5.60. The molecule has 1 amide bonds. The van der Waals surface area contributed by atoms with Crippen molar-refractivity contribution in [3.8, 4) is 0 Å². The van der Waals surface area contributed by atoms with Gasteiger partial charge < -0.3 is 5.32 Å². The molecule has 0 unspecified atom stereocenters. The number of nitrogens with one attached hydrogen (secondary N) is 1. The van der Waals surface area contributed by atoms with Gasteiger partial charge in [-0.2, -0.15) is 0 Å². The van der Waals surface area contributed by atoms with Crippen LogP contribution in [0.25, 0.3) is 10.9 Å². The largest absolute Gasteiger partial charge is 0.319 e. The van der Waals surface area contributed by atoms with Crippen molar-refractivity contribution in [3.63, 3.8) is 0 Å². The van der Waals surface area contributed by atoms with Crippen LogP contribution < -0.4 is 5.32 Å². The molecule has 0 atom stereocenters. The molecule has 2 aromatic carbocycles. The molecule has 3 nitrogen and oxygen atoms in total. The van der Waals surface area contributed by atoms with Crippen LogP contribution in [0, 0.1) is 26.6 Å². The second-order valence-corrected chi connectivity index (χ2v) is 5.77. The minimum Gasteiger partial charge on any atom is -0.319 e. The molecular weight excluding hydrogens is 291 g/mol. The van der Waals surface area contributed by atoms with E-state index in [1.807, 2.05) is 32.0 Å². The average Bonchev–Trinajstić information content (AvgIpc) is 2.49. The number of pyridine rings is 1. The zero-order valence-electron chi connectivity index (χ0n) is 13.3. The third-order valence-corrected chi connectivity index (χ3v) is 3.71. The minimum atomic E-state index is -0.440. The van der Waals surface area contributed by atoms with Crippen molar-refractivity contribution in [1.29, 1.82) is 0 Å². The Morgan fingerprint density at radius 3 is 2.43 bits per heavy atom. The predicted octanol–water partition coefficient (Wildman–Crippen LogP) is 4.55. The van der Waals surface area contributed by atoms with Gasteiger partial charge in [-0.25, -0.2) is 4.39 Å². The van der Waals surface area contributed by atoms with Crippen molar-refractivity contribution < 1.29 is 9.18 Å². The van der Waals surface area contributed by atoms with E-state index < -0.39 is 5.82 Å². The quantitative estimate of drug-likeness (QED) is 0.754. The fourth-order valence-electron chi connectivity index (χ4n) is 2.57. The molecule has 3 aromatic rings. The highest BCUT2D eigenvalue weighted by Gasteiger charge is 2.14. The first-order chi connectivity index (χ1) is 10.9. The zero-order chi connectivity index (χ0) is 16.6. The summed E-state index contributed by atoms with van der Waals surface area (Å²) in [6, 6.07) is 12.2. The van der Waals surface area contributed by atoms with E-state index in [1.165, 1.54) is 6.07 Å². The molecule has 0 radical (unpaired) electrons. The van der Waals surface area contributed by atoms with Crippen LogP contribution in [0.3, 0.4) is 0 Å². The normalized spacial score (nSPS) is 10.8. The number of rotatable bonds is 2. The van der Waals surface area contributed by atoms with Gasteiger partial charge in [-0.15, -0.1) is 0 Å². The number of amides is 1. The molecule has 0 aliphatic heterocycles. The number of hydrogen-bond donors (Lipinski definition) is 1. The maximum atomic E-state index is 14.0. The molecule has 0 saturated heterocycles. The highest BCUT2D eigenvalue weighted by molar-refractivity contribution is 6.12. The van der Waals surface area contributed by atoms with Crippen LogP contribution in [0.1, 0.15) is 27.2 Å². The van der Waals surface area contributed by atoms with Crippen molar-refractivity contribution in [2.45, 2.75) is 20.8 Å². The van der Waals surface area contributed by atoms with E-state index in [-0.39, 0.29) is 11.6 Å². The SMILES string of the molecule is Cc1ccc(NC(=O)c2cc(C)nc3ccc(C)cc23)c(F)c1. The Morgan fingerprint density at radius 1 is 1.00 bits per heavy atom. The van der Waals surface area contributed by atoms with Crippen LogP contribution in [-0.4, -0.2) is 10.9 Å². The second kappa shape index (κ2) is 5.80. The first-order valence-electron chi connectivity index (χ1n) is 7.39. The van der Waals surface area contributed by atoms with Crippen LogP contribution in [-0.2, 0) is 0 Å². The van der Waals surface area contributed by atoms with Gasteiger partial charge in [-0.05, 0) is 56.7 Å². The van der Waals surface area contributed by atoms with Crippen molar-refractivity contribution in [2.75, 3.05) is 5.32 Å². The number of halogens is 1. The van der Waals surface area contributed by atoms with E-state index in [2.05, 4.69) is 10.3 Å². The van der Waals surface area contributed by atoms with E-state index >= 15 is 0 Å². The van der Waals surface area contributed by atoms with Gasteiger partial charge in [-0.3, -0.25) is 9.78 Å². The molecule has 1 aromatic heterocycles. The molecule has 1 N–H and O–H groups in total. The molecule has 0 bridgehead atoms. The predicted molar refractivity (Wildman–Crippen MR) is 90.3 cm³/mol. The zero-order valence-corrected chi connectivity index (χ0v) is 13.3. The molecule has 0 aliphatic carbocycles. The van der Waals surface area contributed by atoms with E-state index in [9.17, 15) is 9.18 Å². The first kappa shape index (κ1) is 15.2. The maximum Gasteiger partial charge on any atom is 0.256 e. The lowest BCUT2D eigenvalue weighted by molar-refractivity contribution is 0.102. The Morgan fingerprint density at radius 2 is 1.70 bits per heavy atom. The van der Waals surface area contributed by atoms with Crippen LogP contribution in [0.4, 0.5) is 10.1 Å². The summed E-state index contributed by atoms with van der Waals surface area (Å²) in [5.74, 6) is -0.779. The van der Waals surface area contributed by atoms with Gasteiger partial charge in [0.15, 0.2) is 0 Å². The summed E-state index contributed by atoms with van der Waals surface area (Å²) in [7, 11) is 0. The summed E-state index contributed by atoms with van der Waals surface area (Å²) in [4.78, 5) is 17.1. The number of hydrogen-bond acceptors (Lipinski definition) is 2. The highest BCUT2D eigenvalue weighted by Crippen LogP contribution is 2.22. The fourth-order valence-corrected chi connectivity index (χ4v) is 2.57. The number of aryl methyl sites for hydroxylation is 3. The summed E-state index contributed by atoms with van der Waals surface area (Å²) >= 11 is 0. The number of anilines is 1. The molecule has 4 heteroatoms. The van der Waals surface area contributed by atoms with Crippen LogP contribution in [0.5, 0.6) is 0 Å². The molecule has 0 spiro atoms. The molecule has 23 heavy (non-hydrogen) atoms.